The van der Waals surface area contributed by atoms with Gasteiger partial charge in [-0.3, -0.25) is 0 Å². The normalized spacial score (nSPS) is 17.4. The zero-order valence-electron chi connectivity index (χ0n) is 22.0. The summed E-state index contributed by atoms with van der Waals surface area (Å²) in [6, 6.07) is 11.9. The van der Waals surface area contributed by atoms with Crippen LogP contribution in [0.2, 0.25) is 0 Å². The van der Waals surface area contributed by atoms with Crippen LogP contribution in [-0.4, -0.2) is 15.3 Å². The number of phenolic OH excluding ortho intramolecular Hbond substituents is 3. The van der Waals surface area contributed by atoms with Gasteiger partial charge in [-0.25, -0.2) is 0 Å². The minimum atomic E-state index is 0.255. The molecule has 3 aromatic carbocycles. The number of hydrogen-bond donors (Lipinski definition) is 3. The molecule has 2 fully saturated rings. The molecule has 0 aromatic heterocycles. The molecular formula is C33H40O3. The maximum absolute atomic E-state index is 11.3. The third kappa shape index (κ3) is 4.61. The van der Waals surface area contributed by atoms with Gasteiger partial charge in [0.2, 0.25) is 0 Å². The first-order valence-electron chi connectivity index (χ1n) is 13.9. The number of benzene rings is 3. The largest absolute Gasteiger partial charge is 0.508 e. The monoisotopic (exact) mass is 484 g/mol. The molecular weight excluding hydrogens is 444 g/mol. The van der Waals surface area contributed by atoms with Gasteiger partial charge >= 0.3 is 0 Å². The lowest BCUT2D eigenvalue weighted by Crippen LogP contribution is -2.06. The minimum Gasteiger partial charge on any atom is -0.508 e. The molecule has 2 saturated carbocycles. The van der Waals surface area contributed by atoms with Gasteiger partial charge < -0.3 is 15.3 Å². The van der Waals surface area contributed by atoms with Crippen molar-refractivity contribution in [2.75, 3.05) is 0 Å². The Morgan fingerprint density at radius 1 is 0.500 bits per heavy atom. The molecule has 3 nitrogen and oxygen atoms in total. The van der Waals surface area contributed by atoms with E-state index in [0.717, 1.165) is 75.8 Å². The highest BCUT2D eigenvalue weighted by Gasteiger charge is 2.25. The zero-order chi connectivity index (χ0) is 25.4. The second-order valence-corrected chi connectivity index (χ2v) is 11.3. The molecule has 0 aliphatic heterocycles. The van der Waals surface area contributed by atoms with Gasteiger partial charge in [-0.05, 0) is 133 Å². The Kier molecular flexibility index (Phi) is 7.01. The first-order chi connectivity index (χ1) is 17.3. The topological polar surface area (TPSA) is 60.7 Å². The minimum absolute atomic E-state index is 0.255. The molecule has 2 aliphatic carbocycles. The van der Waals surface area contributed by atoms with E-state index in [1.165, 1.54) is 38.5 Å². The van der Waals surface area contributed by atoms with E-state index in [0.29, 0.717) is 23.3 Å². The van der Waals surface area contributed by atoms with E-state index in [-0.39, 0.29) is 5.75 Å². The van der Waals surface area contributed by atoms with Crippen molar-refractivity contribution >= 4 is 0 Å². The molecule has 5 rings (SSSR count). The Labute approximate surface area is 215 Å². The van der Waals surface area contributed by atoms with E-state index >= 15 is 0 Å². The number of phenols is 3. The second-order valence-electron chi connectivity index (χ2n) is 11.3. The fraction of sp³-hybridized carbons (Fsp3) is 0.455. The van der Waals surface area contributed by atoms with Gasteiger partial charge in [-0.2, -0.15) is 0 Å². The maximum Gasteiger partial charge on any atom is 0.124 e. The van der Waals surface area contributed by atoms with Gasteiger partial charge in [-0.1, -0.05) is 44.6 Å². The maximum atomic E-state index is 11.3. The third-order valence-electron chi connectivity index (χ3n) is 8.77. The summed E-state index contributed by atoms with van der Waals surface area (Å²) in [7, 11) is 0. The Morgan fingerprint density at radius 2 is 0.944 bits per heavy atom. The van der Waals surface area contributed by atoms with E-state index in [4.69, 9.17) is 0 Å². The van der Waals surface area contributed by atoms with Gasteiger partial charge in [0.25, 0.3) is 0 Å². The summed E-state index contributed by atoms with van der Waals surface area (Å²) in [4.78, 5) is 0. The summed E-state index contributed by atoms with van der Waals surface area (Å²) in [5, 5.41) is 33.1. The van der Waals surface area contributed by atoms with Crippen LogP contribution in [0.3, 0.4) is 0 Å². The molecule has 3 N–H and O–H groups in total. The Balaban J connectivity index is 1.70. The van der Waals surface area contributed by atoms with Crippen LogP contribution in [0.25, 0.3) is 22.3 Å². The van der Waals surface area contributed by atoms with Gasteiger partial charge in [0.15, 0.2) is 0 Å². The molecule has 3 aromatic rings. The van der Waals surface area contributed by atoms with E-state index in [2.05, 4.69) is 19.1 Å². The Hall–Kier alpha value is -2.94. The van der Waals surface area contributed by atoms with Crippen LogP contribution >= 0.6 is 0 Å². The van der Waals surface area contributed by atoms with Crippen molar-refractivity contribution in [3.05, 3.63) is 64.2 Å². The number of aryl methyl sites for hydroxylation is 3. The van der Waals surface area contributed by atoms with Crippen LogP contribution < -0.4 is 0 Å². The van der Waals surface area contributed by atoms with Crippen molar-refractivity contribution in [1.82, 2.24) is 0 Å². The molecule has 36 heavy (non-hydrogen) atoms. The molecule has 0 saturated heterocycles. The highest BCUT2D eigenvalue weighted by atomic mass is 16.3. The molecule has 2 aliphatic rings. The highest BCUT2D eigenvalue weighted by Crippen LogP contribution is 2.48. The predicted octanol–water partition coefficient (Wildman–Crippen LogP) is 9.16. The highest BCUT2D eigenvalue weighted by molar-refractivity contribution is 5.92. The molecule has 0 unspecified atom stereocenters. The average Bonchev–Trinajstić information content (AvgIpc) is 2.87. The van der Waals surface area contributed by atoms with Crippen molar-refractivity contribution in [2.24, 2.45) is 0 Å². The van der Waals surface area contributed by atoms with E-state index in [9.17, 15) is 15.3 Å². The van der Waals surface area contributed by atoms with Gasteiger partial charge in [0.1, 0.15) is 17.2 Å². The molecule has 3 heteroatoms. The molecule has 0 atom stereocenters. The standard InChI is InChI=1S/C33H40O3/c1-20-14-15-29(34)33(26-19-28(31(36)17-22(26)3)24-12-8-5-9-13-24)32(20)25-18-27(30(35)16-21(25)2)23-10-6-4-7-11-23/h14-19,23-24,34-36H,4-13H2,1-3H3. The van der Waals surface area contributed by atoms with E-state index in [1.54, 1.807) is 6.07 Å². The summed E-state index contributed by atoms with van der Waals surface area (Å²) in [5.74, 6) is 1.76. The van der Waals surface area contributed by atoms with E-state index in [1.807, 2.05) is 32.0 Å². The molecule has 190 valence electrons. The van der Waals surface area contributed by atoms with Crippen LogP contribution in [0, 0.1) is 20.8 Å². The van der Waals surface area contributed by atoms with Crippen LogP contribution in [0.5, 0.6) is 17.2 Å². The van der Waals surface area contributed by atoms with Crippen molar-refractivity contribution in [3.63, 3.8) is 0 Å². The van der Waals surface area contributed by atoms with Crippen LogP contribution in [-0.2, 0) is 0 Å². The van der Waals surface area contributed by atoms with Crippen LogP contribution in [0.1, 0.15) is 104 Å². The summed E-state index contributed by atoms with van der Waals surface area (Å²) in [5.41, 5.74) is 9.00. The van der Waals surface area contributed by atoms with Gasteiger partial charge in [0.05, 0.1) is 0 Å². The third-order valence-corrected chi connectivity index (χ3v) is 8.77. The van der Waals surface area contributed by atoms with Crippen molar-refractivity contribution in [2.45, 2.75) is 96.8 Å². The predicted molar refractivity (Wildman–Crippen MR) is 148 cm³/mol. The SMILES string of the molecule is Cc1cc(O)c(C2CCCCC2)cc1-c1c(C)ccc(O)c1-c1cc(C2CCCCC2)c(O)cc1C. The average molecular weight is 485 g/mol. The smallest absolute Gasteiger partial charge is 0.124 e. The van der Waals surface area contributed by atoms with Crippen molar-refractivity contribution in [1.29, 1.82) is 0 Å². The van der Waals surface area contributed by atoms with Crippen LogP contribution in [0.15, 0.2) is 36.4 Å². The van der Waals surface area contributed by atoms with Crippen LogP contribution in [0.4, 0.5) is 0 Å². The molecule has 0 bridgehead atoms. The summed E-state index contributed by atoms with van der Waals surface area (Å²) in [6.45, 7) is 6.16. The van der Waals surface area contributed by atoms with Gasteiger partial charge in [0, 0.05) is 5.56 Å². The first kappa shape index (κ1) is 24.7. The summed E-state index contributed by atoms with van der Waals surface area (Å²) < 4.78 is 0. The number of aromatic hydroxyl groups is 3. The molecule has 0 radical (unpaired) electrons. The van der Waals surface area contributed by atoms with E-state index < -0.39 is 0 Å². The quantitative estimate of drug-likeness (QED) is 0.346. The second kappa shape index (κ2) is 10.2. The fourth-order valence-corrected chi connectivity index (χ4v) is 6.75. The lowest BCUT2D eigenvalue weighted by atomic mass is 9.79. The lowest BCUT2D eigenvalue weighted by molar-refractivity contribution is 0.414. The fourth-order valence-electron chi connectivity index (χ4n) is 6.75. The number of hydrogen-bond acceptors (Lipinski definition) is 3. The zero-order valence-corrected chi connectivity index (χ0v) is 22.0. The molecule has 0 spiro atoms. The Morgan fingerprint density at radius 3 is 1.42 bits per heavy atom. The lowest BCUT2D eigenvalue weighted by Gasteiger charge is -2.26. The Bertz CT molecular complexity index is 1160. The summed E-state index contributed by atoms with van der Waals surface area (Å²) in [6.07, 6.45) is 11.8. The van der Waals surface area contributed by atoms with Crippen molar-refractivity contribution in [3.8, 4) is 39.5 Å². The number of rotatable bonds is 4. The van der Waals surface area contributed by atoms with Gasteiger partial charge in [-0.15, -0.1) is 0 Å². The van der Waals surface area contributed by atoms with Crippen molar-refractivity contribution < 1.29 is 15.3 Å². The molecule has 0 amide bonds. The summed E-state index contributed by atoms with van der Waals surface area (Å²) >= 11 is 0. The first-order valence-corrected chi connectivity index (χ1v) is 13.9. The molecule has 0 heterocycles.